The normalized spacial score (nSPS) is 18.4. The molecular formula is C43H47N3O8. The number of benzene rings is 3. The van der Waals surface area contributed by atoms with Gasteiger partial charge in [-0.25, -0.2) is 14.4 Å². The third kappa shape index (κ3) is 8.12. The van der Waals surface area contributed by atoms with Crippen molar-refractivity contribution >= 4 is 23.2 Å². The number of amides is 1. The maximum atomic E-state index is 13.3. The van der Waals surface area contributed by atoms with Crippen LogP contribution in [0.25, 0.3) is 33.6 Å². The number of nitrogens with one attached hydrogen (secondary N) is 1. The van der Waals surface area contributed by atoms with Crippen LogP contribution < -0.4 is 11.0 Å². The molecule has 282 valence electrons. The quantitative estimate of drug-likeness (QED) is 0.0875. The van der Waals surface area contributed by atoms with Gasteiger partial charge in [0.05, 0.1) is 11.5 Å². The van der Waals surface area contributed by atoms with Crippen LogP contribution in [0.5, 0.6) is 0 Å². The number of rotatable bonds is 14. The van der Waals surface area contributed by atoms with Crippen LogP contribution in [0.2, 0.25) is 0 Å². The lowest BCUT2D eigenvalue weighted by Gasteiger charge is -2.22. The van der Waals surface area contributed by atoms with Crippen molar-refractivity contribution in [2.45, 2.75) is 89.7 Å². The number of carbonyl (C=O) groups excluding carboxylic acids is 2. The van der Waals surface area contributed by atoms with Gasteiger partial charge in [-0.1, -0.05) is 106 Å². The van der Waals surface area contributed by atoms with Crippen LogP contribution in [0, 0.1) is 5.92 Å². The third-order valence-electron chi connectivity index (χ3n) is 10.3. The van der Waals surface area contributed by atoms with E-state index in [1.54, 1.807) is 6.20 Å². The Labute approximate surface area is 314 Å². The molecule has 1 saturated heterocycles. The summed E-state index contributed by atoms with van der Waals surface area (Å²) in [6, 6.07) is 25.2. The lowest BCUT2D eigenvalue weighted by molar-refractivity contribution is -0.153. The van der Waals surface area contributed by atoms with Gasteiger partial charge in [-0.15, -0.1) is 0 Å². The number of aryl methyl sites for hydroxylation is 1. The number of carbonyl (C=O) groups is 2. The molecule has 0 bridgehead atoms. The van der Waals surface area contributed by atoms with Crippen LogP contribution in [-0.2, 0) is 25.4 Å². The second-order valence-corrected chi connectivity index (χ2v) is 14.7. The van der Waals surface area contributed by atoms with Crippen molar-refractivity contribution in [1.29, 1.82) is 0 Å². The topological polar surface area (TPSA) is 142 Å². The molecule has 54 heavy (non-hydrogen) atoms. The summed E-state index contributed by atoms with van der Waals surface area (Å²) in [5.41, 5.74) is 6.18. The maximum absolute atomic E-state index is 13.3. The summed E-state index contributed by atoms with van der Waals surface area (Å²) in [6.45, 7) is 5.90. The molecule has 7 rings (SSSR count). The van der Waals surface area contributed by atoms with Crippen LogP contribution in [-0.4, -0.2) is 58.2 Å². The molecule has 3 aromatic carbocycles. The van der Waals surface area contributed by atoms with E-state index in [2.05, 4.69) is 41.5 Å². The maximum Gasteiger partial charge on any atom is 0.407 e. The first-order valence-corrected chi connectivity index (χ1v) is 18.9. The zero-order valence-corrected chi connectivity index (χ0v) is 30.9. The number of hydrogen-bond acceptors (Lipinski definition) is 9. The Bertz CT molecular complexity index is 2110. The van der Waals surface area contributed by atoms with Gasteiger partial charge in [-0.05, 0) is 59.1 Å². The summed E-state index contributed by atoms with van der Waals surface area (Å²) >= 11 is 0. The Balaban J connectivity index is 0.951. The van der Waals surface area contributed by atoms with E-state index in [-0.39, 0.29) is 37.2 Å². The van der Waals surface area contributed by atoms with Gasteiger partial charge in [-0.3, -0.25) is 4.57 Å². The molecule has 0 saturated carbocycles. The van der Waals surface area contributed by atoms with Gasteiger partial charge in [0.1, 0.15) is 37.3 Å². The molecule has 0 spiro atoms. The van der Waals surface area contributed by atoms with Crippen molar-refractivity contribution in [2.75, 3.05) is 13.2 Å². The smallest absolute Gasteiger partial charge is 0.407 e. The monoisotopic (exact) mass is 733 g/mol. The van der Waals surface area contributed by atoms with Gasteiger partial charge in [0.25, 0.3) is 0 Å². The average molecular weight is 734 g/mol. The second kappa shape index (κ2) is 16.4. The highest BCUT2D eigenvalue weighted by Crippen LogP contribution is 2.44. The van der Waals surface area contributed by atoms with Crippen LogP contribution >= 0.6 is 0 Å². The molecule has 2 aliphatic rings. The largest absolute Gasteiger partial charge is 0.461 e. The van der Waals surface area contributed by atoms with Crippen molar-refractivity contribution in [1.82, 2.24) is 14.9 Å². The molecule has 1 amide bonds. The van der Waals surface area contributed by atoms with Gasteiger partial charge in [0.15, 0.2) is 0 Å². The first-order valence-electron chi connectivity index (χ1n) is 18.9. The first kappa shape index (κ1) is 37.1. The summed E-state index contributed by atoms with van der Waals surface area (Å²) in [6.07, 6.45) is 3.10. The molecule has 5 aromatic rings. The van der Waals surface area contributed by atoms with E-state index in [9.17, 15) is 19.5 Å². The van der Waals surface area contributed by atoms with Crippen LogP contribution in [0.3, 0.4) is 0 Å². The third-order valence-corrected chi connectivity index (χ3v) is 10.3. The highest BCUT2D eigenvalue weighted by Gasteiger charge is 2.38. The van der Waals surface area contributed by atoms with Crippen molar-refractivity contribution in [3.8, 4) is 22.5 Å². The minimum absolute atomic E-state index is 0.0572. The molecule has 1 fully saturated rings. The number of aliphatic hydroxyl groups is 1. The molecule has 11 nitrogen and oxygen atoms in total. The molecule has 1 aliphatic carbocycles. The Kier molecular flexibility index (Phi) is 11.3. The van der Waals surface area contributed by atoms with Crippen molar-refractivity contribution in [2.24, 2.45) is 5.92 Å². The number of ether oxygens (including phenoxy) is 3. The Morgan fingerprint density at radius 3 is 2.35 bits per heavy atom. The van der Waals surface area contributed by atoms with Crippen molar-refractivity contribution in [3.05, 3.63) is 112 Å². The first-order chi connectivity index (χ1) is 26.2. The number of alkyl carbamates (subject to hydrolysis) is 1. The molecule has 0 radical (unpaired) electrons. The molecule has 2 aromatic heterocycles. The summed E-state index contributed by atoms with van der Waals surface area (Å²) in [5.74, 6) is -0.142. The number of hydrogen-bond donors (Lipinski definition) is 2. The Morgan fingerprint density at radius 2 is 1.67 bits per heavy atom. The van der Waals surface area contributed by atoms with Crippen LogP contribution in [0.1, 0.15) is 81.7 Å². The predicted octanol–water partition coefficient (Wildman–Crippen LogP) is 7.53. The van der Waals surface area contributed by atoms with E-state index >= 15 is 0 Å². The predicted molar refractivity (Wildman–Crippen MR) is 204 cm³/mol. The second-order valence-electron chi connectivity index (χ2n) is 14.7. The molecule has 2 N–H and O–H groups in total. The molecule has 0 unspecified atom stereocenters. The number of nitrogens with zero attached hydrogens (tertiary/aromatic N) is 2. The highest BCUT2D eigenvalue weighted by atomic mass is 16.6. The summed E-state index contributed by atoms with van der Waals surface area (Å²) in [5, 5.41) is 14.2. The van der Waals surface area contributed by atoms with E-state index in [4.69, 9.17) is 18.6 Å². The highest BCUT2D eigenvalue weighted by molar-refractivity contribution is 5.82. The van der Waals surface area contributed by atoms with Crippen LogP contribution in [0.4, 0.5) is 4.79 Å². The molecule has 4 atom stereocenters. The van der Waals surface area contributed by atoms with E-state index in [0.717, 1.165) is 40.7 Å². The van der Waals surface area contributed by atoms with E-state index in [1.165, 1.54) is 23.0 Å². The zero-order chi connectivity index (χ0) is 37.8. The van der Waals surface area contributed by atoms with Gasteiger partial charge in [-0.2, -0.15) is 4.98 Å². The van der Waals surface area contributed by atoms with E-state index in [0.29, 0.717) is 17.6 Å². The number of esters is 1. The summed E-state index contributed by atoms with van der Waals surface area (Å²) < 4.78 is 24.6. The summed E-state index contributed by atoms with van der Waals surface area (Å²) in [7, 11) is 0. The number of aromatic nitrogens is 2. The van der Waals surface area contributed by atoms with Gasteiger partial charge >= 0.3 is 17.8 Å². The molecule has 1 aliphatic heterocycles. The summed E-state index contributed by atoms with van der Waals surface area (Å²) in [4.78, 5) is 43.6. The molecule has 11 heteroatoms. The van der Waals surface area contributed by atoms with Gasteiger partial charge < -0.3 is 29.1 Å². The van der Waals surface area contributed by atoms with Crippen molar-refractivity contribution < 1.29 is 33.3 Å². The fourth-order valence-corrected chi connectivity index (χ4v) is 7.46. The standard InChI is InChI=1S/C43H47N3O8/c1-4-5-6-11-27-16-18-28(19-17-27)37-21-29-23-46(42(49)45-40(29)54-37)39-22-36(47)38(53-39)25-51-41(48)35(20-26(2)3)44-43(50)52-24-34-32-14-9-7-12-30(32)31-13-8-10-15-33(31)34/h7-10,12-19,21,23,26,34-36,38-39,47H,4-6,11,20,22,24-25H2,1-3H3,(H,44,50)/t35-,36-,38+,39+/m0/s1. The lowest BCUT2D eigenvalue weighted by Crippen LogP contribution is -2.44. The lowest BCUT2D eigenvalue weighted by atomic mass is 9.98. The van der Waals surface area contributed by atoms with Gasteiger partial charge in [0.2, 0.25) is 5.71 Å². The van der Waals surface area contributed by atoms with Gasteiger partial charge in [0, 0.05) is 24.1 Å². The SMILES string of the molecule is CCCCCc1ccc(-c2cc3cn([C@H]4C[C@H](O)[C@@H](COC(=O)[C@H](CC(C)C)NC(=O)OCC5c6ccccc6-c6ccccc65)O4)c(=O)nc3o2)cc1. The van der Waals surface area contributed by atoms with E-state index < -0.39 is 42.2 Å². The Hall–Kier alpha value is -5.26. The van der Waals surface area contributed by atoms with E-state index in [1.807, 2.05) is 68.4 Å². The zero-order valence-electron chi connectivity index (χ0n) is 30.9. The Morgan fingerprint density at radius 1 is 0.963 bits per heavy atom. The fraction of sp³-hybridized carbons (Fsp3) is 0.395. The fourth-order valence-electron chi connectivity index (χ4n) is 7.46. The number of aliphatic hydroxyl groups excluding tert-OH is 1. The van der Waals surface area contributed by atoms with Crippen LogP contribution in [0.15, 0.2) is 94.3 Å². The molecule has 3 heterocycles. The average Bonchev–Trinajstić information content (AvgIpc) is 3.85. The minimum Gasteiger partial charge on any atom is -0.461 e. The number of furan rings is 1. The van der Waals surface area contributed by atoms with Crippen molar-refractivity contribution in [3.63, 3.8) is 0 Å². The number of unbranched alkanes of at least 4 members (excludes halogenated alkanes) is 2. The molecular weight excluding hydrogens is 686 g/mol. The number of fused-ring (bicyclic) bond motifs is 4. The minimum atomic E-state index is -1.01.